The number of rotatable bonds is 5. The van der Waals surface area contributed by atoms with Crippen molar-refractivity contribution in [2.75, 3.05) is 0 Å². The maximum atomic E-state index is 13.2. The number of benzene rings is 1. The van der Waals surface area contributed by atoms with E-state index in [1.807, 2.05) is 11.5 Å². The lowest BCUT2D eigenvalue weighted by Crippen LogP contribution is -2.08. The molecule has 2 rings (SSSR count). The molecule has 102 valence electrons. The highest BCUT2D eigenvalue weighted by Gasteiger charge is 2.11. The van der Waals surface area contributed by atoms with E-state index in [9.17, 15) is 4.39 Å². The Balaban J connectivity index is 2.14. The first kappa shape index (κ1) is 14.5. The molecule has 1 aromatic carbocycles. The minimum absolute atomic E-state index is 0.238. The predicted octanol–water partition coefficient (Wildman–Crippen LogP) is 2.95. The average Bonchev–Trinajstić information content (AvgIpc) is 2.81. The third-order valence-corrected chi connectivity index (χ3v) is 4.45. The molecule has 0 amide bonds. The maximum Gasteiger partial charge on any atom is 0.191 e. The lowest BCUT2D eigenvalue weighted by Gasteiger charge is -2.07. The summed E-state index contributed by atoms with van der Waals surface area (Å²) in [6, 6.07) is 4.66. The van der Waals surface area contributed by atoms with Gasteiger partial charge in [-0.3, -0.25) is 0 Å². The number of nitrogens with zero attached hydrogens (tertiary/aromatic N) is 3. The number of aromatic nitrogens is 3. The van der Waals surface area contributed by atoms with Crippen molar-refractivity contribution in [1.29, 1.82) is 0 Å². The summed E-state index contributed by atoms with van der Waals surface area (Å²) in [4.78, 5) is 0. The molecule has 0 saturated carbocycles. The van der Waals surface area contributed by atoms with E-state index in [-0.39, 0.29) is 5.82 Å². The number of hydrogen-bond donors (Lipinski definition) is 1. The van der Waals surface area contributed by atoms with Crippen molar-refractivity contribution in [3.8, 4) is 0 Å². The first-order valence-corrected chi connectivity index (χ1v) is 7.62. The fourth-order valence-corrected chi connectivity index (χ4v) is 3.28. The monoisotopic (exact) mass is 344 g/mol. The van der Waals surface area contributed by atoms with Crippen LogP contribution in [0, 0.1) is 5.82 Å². The molecule has 0 atom stereocenters. The number of thioether (sulfide) groups is 1. The molecular formula is C12H14BrFN4S. The maximum absolute atomic E-state index is 13.2. The molecule has 0 aliphatic heterocycles. The van der Waals surface area contributed by atoms with Crippen molar-refractivity contribution < 1.29 is 4.39 Å². The normalized spacial score (nSPS) is 10.9. The highest BCUT2D eigenvalue weighted by Crippen LogP contribution is 2.27. The van der Waals surface area contributed by atoms with Gasteiger partial charge in [-0.25, -0.2) is 4.39 Å². The van der Waals surface area contributed by atoms with Crippen LogP contribution in [0.3, 0.4) is 0 Å². The first-order chi connectivity index (χ1) is 9.15. The Bertz CT molecular complexity index is 573. The van der Waals surface area contributed by atoms with Gasteiger partial charge in [0, 0.05) is 16.8 Å². The van der Waals surface area contributed by atoms with Crippen LogP contribution in [0.5, 0.6) is 0 Å². The van der Waals surface area contributed by atoms with Gasteiger partial charge in [-0.1, -0.05) is 27.7 Å². The van der Waals surface area contributed by atoms with Crippen LogP contribution < -0.4 is 5.73 Å². The second-order valence-electron chi connectivity index (χ2n) is 3.87. The highest BCUT2D eigenvalue weighted by molar-refractivity contribution is 9.10. The van der Waals surface area contributed by atoms with Crippen molar-refractivity contribution in [2.45, 2.75) is 30.9 Å². The second-order valence-corrected chi connectivity index (χ2v) is 5.67. The van der Waals surface area contributed by atoms with Crippen molar-refractivity contribution in [3.63, 3.8) is 0 Å². The van der Waals surface area contributed by atoms with E-state index < -0.39 is 0 Å². The summed E-state index contributed by atoms with van der Waals surface area (Å²) in [5.41, 5.74) is 6.49. The summed E-state index contributed by atoms with van der Waals surface area (Å²) in [5.74, 6) is 1.16. The Morgan fingerprint density at radius 3 is 2.89 bits per heavy atom. The lowest BCUT2D eigenvalue weighted by molar-refractivity contribution is 0.626. The molecule has 1 heterocycles. The van der Waals surface area contributed by atoms with Crippen LogP contribution in [0.2, 0.25) is 0 Å². The molecule has 4 nitrogen and oxygen atoms in total. The van der Waals surface area contributed by atoms with E-state index in [0.29, 0.717) is 12.3 Å². The Morgan fingerprint density at radius 2 is 2.21 bits per heavy atom. The third-order valence-electron chi connectivity index (χ3n) is 2.66. The van der Waals surface area contributed by atoms with Crippen LogP contribution in [0.4, 0.5) is 4.39 Å². The number of hydrogen-bond acceptors (Lipinski definition) is 4. The van der Waals surface area contributed by atoms with Crippen LogP contribution in [-0.2, 0) is 18.8 Å². The molecule has 2 aromatic rings. The third kappa shape index (κ3) is 3.34. The zero-order valence-corrected chi connectivity index (χ0v) is 12.8. The SMILES string of the molecule is CCn1c(CN)nnc1SCc1cc(F)ccc1Br. The highest BCUT2D eigenvalue weighted by atomic mass is 79.9. The molecule has 2 N–H and O–H groups in total. The van der Waals surface area contributed by atoms with Crippen molar-refractivity contribution >= 4 is 27.7 Å². The van der Waals surface area contributed by atoms with Crippen LogP contribution in [0.15, 0.2) is 27.8 Å². The molecule has 0 bridgehead atoms. The molecule has 1 aromatic heterocycles. The zero-order valence-electron chi connectivity index (χ0n) is 10.4. The molecular weight excluding hydrogens is 331 g/mol. The largest absolute Gasteiger partial charge is 0.324 e. The van der Waals surface area contributed by atoms with E-state index in [0.717, 1.165) is 27.6 Å². The van der Waals surface area contributed by atoms with Crippen molar-refractivity contribution in [1.82, 2.24) is 14.8 Å². The fourth-order valence-electron chi connectivity index (χ4n) is 1.69. The summed E-state index contributed by atoms with van der Waals surface area (Å²) in [6.07, 6.45) is 0. The van der Waals surface area contributed by atoms with E-state index in [2.05, 4.69) is 26.1 Å². The molecule has 19 heavy (non-hydrogen) atoms. The van der Waals surface area contributed by atoms with E-state index in [1.165, 1.54) is 23.9 Å². The molecule has 0 fully saturated rings. The molecule has 0 unspecified atom stereocenters. The van der Waals surface area contributed by atoms with Crippen LogP contribution in [0.1, 0.15) is 18.3 Å². The standard InChI is InChI=1S/C12H14BrFN4S/c1-2-18-11(6-15)16-17-12(18)19-7-8-5-9(14)3-4-10(8)13/h3-5H,2,6-7,15H2,1H3. The van der Waals surface area contributed by atoms with Crippen LogP contribution in [-0.4, -0.2) is 14.8 Å². The van der Waals surface area contributed by atoms with Gasteiger partial charge in [0.15, 0.2) is 5.16 Å². The average molecular weight is 345 g/mol. The van der Waals surface area contributed by atoms with Crippen molar-refractivity contribution in [2.24, 2.45) is 5.73 Å². The zero-order chi connectivity index (χ0) is 13.8. The van der Waals surface area contributed by atoms with Crippen LogP contribution >= 0.6 is 27.7 Å². The molecule has 0 radical (unpaired) electrons. The molecule has 0 spiro atoms. The number of nitrogens with two attached hydrogens (primary N) is 1. The summed E-state index contributed by atoms with van der Waals surface area (Å²) in [6.45, 7) is 3.15. The van der Waals surface area contributed by atoms with Gasteiger partial charge < -0.3 is 10.3 Å². The summed E-state index contributed by atoms with van der Waals surface area (Å²) in [5, 5.41) is 8.96. The number of halogens is 2. The minimum Gasteiger partial charge on any atom is -0.324 e. The molecule has 0 saturated heterocycles. The predicted molar refractivity (Wildman–Crippen MR) is 77.2 cm³/mol. The van der Waals surface area contributed by atoms with Crippen molar-refractivity contribution in [3.05, 3.63) is 39.9 Å². The molecule has 0 aliphatic carbocycles. The topological polar surface area (TPSA) is 56.7 Å². The Labute approximate surface area is 123 Å². The minimum atomic E-state index is -0.238. The lowest BCUT2D eigenvalue weighted by atomic mass is 10.2. The van der Waals surface area contributed by atoms with Crippen LogP contribution in [0.25, 0.3) is 0 Å². The van der Waals surface area contributed by atoms with Gasteiger partial charge >= 0.3 is 0 Å². The van der Waals surface area contributed by atoms with Gasteiger partial charge in [-0.15, -0.1) is 10.2 Å². The van der Waals surface area contributed by atoms with E-state index >= 15 is 0 Å². The summed E-state index contributed by atoms with van der Waals surface area (Å²) >= 11 is 4.94. The van der Waals surface area contributed by atoms with Gasteiger partial charge in [0.1, 0.15) is 11.6 Å². The summed E-state index contributed by atoms with van der Waals surface area (Å²) in [7, 11) is 0. The Morgan fingerprint density at radius 1 is 1.42 bits per heavy atom. The van der Waals surface area contributed by atoms with Gasteiger partial charge in [0.2, 0.25) is 0 Å². The summed E-state index contributed by atoms with van der Waals surface area (Å²) < 4.78 is 16.1. The van der Waals surface area contributed by atoms with Gasteiger partial charge in [0.05, 0.1) is 6.54 Å². The Hall–Kier alpha value is -0.920. The molecule has 0 aliphatic rings. The smallest absolute Gasteiger partial charge is 0.191 e. The van der Waals surface area contributed by atoms with Gasteiger partial charge in [-0.05, 0) is 30.7 Å². The van der Waals surface area contributed by atoms with Gasteiger partial charge in [-0.2, -0.15) is 0 Å². The second kappa shape index (κ2) is 6.49. The quantitative estimate of drug-likeness (QED) is 0.847. The Kier molecular flexibility index (Phi) is 4.95. The van der Waals surface area contributed by atoms with E-state index in [4.69, 9.17) is 5.73 Å². The van der Waals surface area contributed by atoms with Gasteiger partial charge in [0.25, 0.3) is 0 Å². The van der Waals surface area contributed by atoms with E-state index in [1.54, 1.807) is 6.07 Å². The fraction of sp³-hybridized carbons (Fsp3) is 0.333. The molecule has 7 heteroatoms. The first-order valence-electron chi connectivity index (χ1n) is 5.84.